The SMILES string of the molecule is COc1cc2ccccc2cc1-c1nc(C2CCC(F)(F)C2)no1. The highest BCUT2D eigenvalue weighted by atomic mass is 19.3. The topological polar surface area (TPSA) is 48.2 Å². The lowest BCUT2D eigenvalue weighted by atomic mass is 10.1. The maximum atomic E-state index is 13.4. The molecule has 1 aliphatic carbocycles. The zero-order valence-corrected chi connectivity index (χ0v) is 13.1. The van der Waals surface area contributed by atoms with E-state index in [0.717, 1.165) is 10.8 Å². The summed E-state index contributed by atoms with van der Waals surface area (Å²) in [6.45, 7) is 0. The molecular formula is C18H16F2N2O2. The number of halogens is 2. The molecule has 1 fully saturated rings. The molecule has 1 saturated carbocycles. The number of hydrogen-bond acceptors (Lipinski definition) is 4. The van der Waals surface area contributed by atoms with Crippen LogP contribution in [0.5, 0.6) is 5.75 Å². The smallest absolute Gasteiger partial charge is 0.261 e. The molecule has 0 amide bonds. The Morgan fingerprint density at radius 3 is 2.62 bits per heavy atom. The van der Waals surface area contributed by atoms with E-state index in [9.17, 15) is 8.78 Å². The first-order valence-corrected chi connectivity index (χ1v) is 7.84. The number of fused-ring (bicyclic) bond motifs is 1. The van der Waals surface area contributed by atoms with E-state index < -0.39 is 5.92 Å². The molecule has 4 rings (SSSR count). The number of ether oxygens (including phenoxy) is 1. The van der Waals surface area contributed by atoms with Crippen LogP contribution < -0.4 is 4.74 Å². The van der Waals surface area contributed by atoms with Gasteiger partial charge in [-0.2, -0.15) is 4.98 Å². The van der Waals surface area contributed by atoms with E-state index in [2.05, 4.69) is 10.1 Å². The molecular weight excluding hydrogens is 314 g/mol. The van der Waals surface area contributed by atoms with Crippen LogP contribution in [0.2, 0.25) is 0 Å². The third-order valence-corrected chi connectivity index (χ3v) is 4.51. The Kier molecular flexibility index (Phi) is 3.48. The van der Waals surface area contributed by atoms with Crippen LogP contribution in [0.3, 0.4) is 0 Å². The van der Waals surface area contributed by atoms with Crippen LogP contribution in [-0.2, 0) is 0 Å². The zero-order valence-electron chi connectivity index (χ0n) is 13.1. The monoisotopic (exact) mass is 330 g/mol. The highest BCUT2D eigenvalue weighted by Gasteiger charge is 2.42. The van der Waals surface area contributed by atoms with Crippen LogP contribution in [0.4, 0.5) is 8.78 Å². The quantitative estimate of drug-likeness (QED) is 0.692. The van der Waals surface area contributed by atoms with E-state index in [-0.39, 0.29) is 18.8 Å². The minimum Gasteiger partial charge on any atom is -0.496 e. The summed E-state index contributed by atoms with van der Waals surface area (Å²) in [6.07, 6.45) is 0.0303. The fourth-order valence-electron chi connectivity index (χ4n) is 3.24. The summed E-state index contributed by atoms with van der Waals surface area (Å²) in [5.41, 5.74) is 0.666. The number of methoxy groups -OCH3 is 1. The molecule has 0 radical (unpaired) electrons. The minimum atomic E-state index is -2.63. The third kappa shape index (κ3) is 2.62. The second kappa shape index (κ2) is 5.54. The largest absolute Gasteiger partial charge is 0.496 e. The molecule has 0 aliphatic heterocycles. The van der Waals surface area contributed by atoms with E-state index in [4.69, 9.17) is 9.26 Å². The molecule has 1 heterocycles. The normalized spacial score (nSPS) is 19.7. The predicted molar refractivity (Wildman–Crippen MR) is 85.3 cm³/mol. The number of hydrogen-bond donors (Lipinski definition) is 0. The van der Waals surface area contributed by atoms with Crippen molar-refractivity contribution in [3.05, 3.63) is 42.2 Å². The maximum absolute atomic E-state index is 13.4. The molecule has 1 unspecified atom stereocenters. The number of aromatic nitrogens is 2. The van der Waals surface area contributed by atoms with Gasteiger partial charge in [0.25, 0.3) is 5.89 Å². The van der Waals surface area contributed by atoms with Gasteiger partial charge in [-0.25, -0.2) is 8.78 Å². The molecule has 3 aromatic rings. The van der Waals surface area contributed by atoms with Crippen molar-refractivity contribution in [2.75, 3.05) is 7.11 Å². The average Bonchev–Trinajstić information content (AvgIpc) is 3.20. The van der Waals surface area contributed by atoms with Gasteiger partial charge in [-0.05, 0) is 29.3 Å². The van der Waals surface area contributed by atoms with Crippen LogP contribution in [0, 0.1) is 0 Å². The van der Waals surface area contributed by atoms with Gasteiger partial charge in [0, 0.05) is 18.8 Å². The standard InChI is InChI=1S/C18H16F2N2O2/c1-23-15-9-12-5-3-2-4-11(12)8-14(15)17-21-16(22-24-17)13-6-7-18(19,20)10-13/h2-5,8-9,13H,6-7,10H2,1H3. The summed E-state index contributed by atoms with van der Waals surface area (Å²) in [6, 6.07) is 11.7. The summed E-state index contributed by atoms with van der Waals surface area (Å²) >= 11 is 0. The van der Waals surface area contributed by atoms with Crippen LogP contribution in [0.1, 0.15) is 31.0 Å². The summed E-state index contributed by atoms with van der Waals surface area (Å²) < 4.78 is 37.6. The number of nitrogens with zero attached hydrogens (tertiary/aromatic N) is 2. The Morgan fingerprint density at radius 2 is 1.96 bits per heavy atom. The van der Waals surface area contributed by atoms with Crippen molar-refractivity contribution < 1.29 is 18.0 Å². The molecule has 6 heteroatoms. The molecule has 1 atom stereocenters. The molecule has 0 saturated heterocycles. The number of rotatable bonds is 3. The Bertz CT molecular complexity index is 892. The van der Waals surface area contributed by atoms with Gasteiger partial charge >= 0.3 is 0 Å². The van der Waals surface area contributed by atoms with Gasteiger partial charge in [-0.3, -0.25) is 0 Å². The summed E-state index contributed by atoms with van der Waals surface area (Å²) in [7, 11) is 1.57. The van der Waals surface area contributed by atoms with Gasteiger partial charge in [0.05, 0.1) is 12.7 Å². The van der Waals surface area contributed by atoms with E-state index in [1.807, 2.05) is 36.4 Å². The lowest BCUT2D eigenvalue weighted by Gasteiger charge is -2.07. The lowest BCUT2D eigenvalue weighted by Crippen LogP contribution is -2.09. The summed E-state index contributed by atoms with van der Waals surface area (Å²) in [5.74, 6) is -1.74. The van der Waals surface area contributed by atoms with Gasteiger partial charge < -0.3 is 9.26 Å². The van der Waals surface area contributed by atoms with E-state index in [1.165, 1.54) is 0 Å². The molecule has 24 heavy (non-hydrogen) atoms. The van der Waals surface area contributed by atoms with Gasteiger partial charge in [0.1, 0.15) is 5.75 Å². The molecule has 4 nitrogen and oxygen atoms in total. The van der Waals surface area contributed by atoms with E-state index in [1.54, 1.807) is 7.11 Å². The molecule has 0 spiro atoms. The highest BCUT2D eigenvalue weighted by molar-refractivity contribution is 5.89. The average molecular weight is 330 g/mol. The minimum absolute atomic E-state index is 0.124. The van der Waals surface area contributed by atoms with Crippen molar-refractivity contribution in [2.24, 2.45) is 0 Å². The third-order valence-electron chi connectivity index (χ3n) is 4.51. The van der Waals surface area contributed by atoms with E-state index in [0.29, 0.717) is 29.4 Å². The molecule has 1 aliphatic rings. The first-order chi connectivity index (χ1) is 11.6. The van der Waals surface area contributed by atoms with E-state index >= 15 is 0 Å². The Hall–Kier alpha value is -2.50. The predicted octanol–water partition coefficient (Wildman–Crippen LogP) is 4.80. The lowest BCUT2D eigenvalue weighted by molar-refractivity contribution is 0.00749. The summed E-state index contributed by atoms with van der Waals surface area (Å²) in [5, 5.41) is 5.97. The molecule has 1 aromatic heterocycles. The summed E-state index contributed by atoms with van der Waals surface area (Å²) in [4.78, 5) is 4.35. The van der Waals surface area contributed by atoms with Crippen LogP contribution >= 0.6 is 0 Å². The Morgan fingerprint density at radius 1 is 1.21 bits per heavy atom. The van der Waals surface area contributed by atoms with Gasteiger partial charge in [0.15, 0.2) is 5.82 Å². The maximum Gasteiger partial charge on any atom is 0.261 e. The van der Waals surface area contributed by atoms with Crippen LogP contribution in [-0.4, -0.2) is 23.2 Å². The molecule has 0 N–H and O–H groups in total. The van der Waals surface area contributed by atoms with Gasteiger partial charge in [-0.15, -0.1) is 0 Å². The van der Waals surface area contributed by atoms with Gasteiger partial charge in [0.2, 0.25) is 5.92 Å². The fraction of sp³-hybridized carbons (Fsp3) is 0.333. The highest BCUT2D eigenvalue weighted by Crippen LogP contribution is 2.44. The first kappa shape index (κ1) is 15.1. The first-order valence-electron chi connectivity index (χ1n) is 7.84. The van der Waals surface area contributed by atoms with Crippen molar-refractivity contribution in [3.8, 4) is 17.2 Å². The molecule has 2 aromatic carbocycles. The van der Waals surface area contributed by atoms with Crippen molar-refractivity contribution in [1.82, 2.24) is 10.1 Å². The Labute approximate surface area is 137 Å². The van der Waals surface area contributed by atoms with Crippen molar-refractivity contribution in [2.45, 2.75) is 31.1 Å². The molecule has 0 bridgehead atoms. The van der Waals surface area contributed by atoms with Crippen molar-refractivity contribution >= 4 is 10.8 Å². The van der Waals surface area contributed by atoms with Crippen LogP contribution in [0.15, 0.2) is 40.9 Å². The van der Waals surface area contributed by atoms with Crippen molar-refractivity contribution in [1.29, 1.82) is 0 Å². The van der Waals surface area contributed by atoms with Crippen molar-refractivity contribution in [3.63, 3.8) is 0 Å². The second-order valence-electron chi connectivity index (χ2n) is 6.15. The second-order valence-corrected chi connectivity index (χ2v) is 6.15. The molecule has 124 valence electrons. The number of benzene rings is 2. The fourth-order valence-corrected chi connectivity index (χ4v) is 3.24. The number of alkyl halides is 2. The Balaban J connectivity index is 1.73. The zero-order chi connectivity index (χ0) is 16.7. The van der Waals surface area contributed by atoms with Crippen LogP contribution in [0.25, 0.3) is 22.2 Å². The van der Waals surface area contributed by atoms with Gasteiger partial charge in [-0.1, -0.05) is 29.4 Å².